The van der Waals surface area contributed by atoms with Crippen molar-refractivity contribution >= 4 is 29.6 Å². The maximum absolute atomic E-state index is 11.8. The molecule has 0 radical (unpaired) electrons. The van der Waals surface area contributed by atoms with Crippen molar-refractivity contribution in [3.8, 4) is 0 Å². The molecule has 2 fully saturated rings. The van der Waals surface area contributed by atoms with Crippen molar-refractivity contribution in [2.75, 3.05) is 20.1 Å². The van der Waals surface area contributed by atoms with E-state index in [4.69, 9.17) is 4.65 Å². The number of piperidine rings is 1. The quantitative estimate of drug-likeness (QED) is 0.616. The highest BCUT2D eigenvalue weighted by Gasteiger charge is 2.62. The fourth-order valence-electron chi connectivity index (χ4n) is 5.17. The molecule has 3 aliphatic rings. The zero-order valence-corrected chi connectivity index (χ0v) is 14.2. The molecule has 0 aromatic carbocycles. The van der Waals surface area contributed by atoms with E-state index in [0.29, 0.717) is 0 Å². The van der Waals surface area contributed by atoms with E-state index < -0.39 is 12.7 Å². The van der Waals surface area contributed by atoms with Crippen LogP contribution in [-0.2, 0) is 10.3 Å². The Balaban J connectivity index is 1.42. The van der Waals surface area contributed by atoms with E-state index in [1.165, 1.54) is 0 Å². The van der Waals surface area contributed by atoms with Gasteiger partial charge in [-0.15, -0.1) is 0 Å². The SMILES string of the molecule is CNC(=O)N1CCC2(CC1)CC1(C2)OB(O)c2cnc3[nH]ccc3c21. The summed E-state index contributed by atoms with van der Waals surface area (Å²) < 4.78 is 6.06. The zero-order chi connectivity index (χ0) is 17.2. The molecule has 5 rings (SSSR count). The standard InChI is InChI=1S/C17H21BN4O3/c1-19-15(23)22-6-3-16(4-7-22)9-17(10-16)13-11-2-5-20-14(11)21-8-12(13)18(24)25-17/h2,5,8,24H,3-4,6-7,9-10H2,1H3,(H,19,23)(H,20,21). The highest BCUT2D eigenvalue weighted by Crippen LogP contribution is 2.62. The van der Waals surface area contributed by atoms with Gasteiger partial charge in [-0.2, -0.15) is 0 Å². The van der Waals surface area contributed by atoms with Gasteiger partial charge in [0.05, 0.1) is 5.60 Å². The van der Waals surface area contributed by atoms with Crippen LogP contribution in [0.2, 0.25) is 0 Å². The molecule has 1 saturated heterocycles. The van der Waals surface area contributed by atoms with Crippen molar-refractivity contribution in [3.63, 3.8) is 0 Å². The van der Waals surface area contributed by atoms with Crippen molar-refractivity contribution in [1.82, 2.24) is 20.2 Å². The average molecular weight is 340 g/mol. The average Bonchev–Trinajstić information content (AvgIpc) is 3.17. The van der Waals surface area contributed by atoms with Gasteiger partial charge in [0.1, 0.15) is 5.65 Å². The first-order valence-corrected chi connectivity index (χ1v) is 8.85. The molecule has 0 bridgehead atoms. The minimum absolute atomic E-state index is 0.00174. The van der Waals surface area contributed by atoms with Crippen LogP contribution in [-0.4, -0.2) is 53.2 Å². The molecule has 2 aromatic heterocycles. The van der Waals surface area contributed by atoms with Gasteiger partial charge < -0.3 is 24.9 Å². The first kappa shape index (κ1) is 15.2. The van der Waals surface area contributed by atoms with Crippen molar-refractivity contribution in [1.29, 1.82) is 0 Å². The van der Waals surface area contributed by atoms with Gasteiger partial charge >= 0.3 is 13.1 Å². The maximum atomic E-state index is 11.8. The Kier molecular flexibility index (Phi) is 3.03. The number of hydrogen-bond donors (Lipinski definition) is 3. The lowest BCUT2D eigenvalue weighted by atomic mass is 9.53. The van der Waals surface area contributed by atoms with Crippen molar-refractivity contribution in [2.24, 2.45) is 5.41 Å². The molecule has 2 aliphatic heterocycles. The maximum Gasteiger partial charge on any atom is 0.493 e. The number of pyridine rings is 1. The molecule has 1 saturated carbocycles. The van der Waals surface area contributed by atoms with Crippen LogP contribution in [0.25, 0.3) is 11.0 Å². The number of likely N-dealkylation sites (tertiary alicyclic amines) is 1. The summed E-state index contributed by atoms with van der Waals surface area (Å²) in [7, 11) is 0.774. The Morgan fingerprint density at radius 3 is 2.92 bits per heavy atom. The van der Waals surface area contributed by atoms with Crippen molar-refractivity contribution < 1.29 is 14.5 Å². The number of nitrogens with zero attached hydrogens (tertiary/aromatic N) is 2. The van der Waals surface area contributed by atoms with E-state index in [9.17, 15) is 9.82 Å². The lowest BCUT2D eigenvalue weighted by Crippen LogP contribution is -2.56. The third-order valence-corrected chi connectivity index (χ3v) is 6.32. The van der Waals surface area contributed by atoms with E-state index in [1.807, 2.05) is 17.2 Å². The topological polar surface area (TPSA) is 90.5 Å². The number of urea groups is 1. The van der Waals surface area contributed by atoms with Crippen LogP contribution in [0.4, 0.5) is 4.79 Å². The Morgan fingerprint density at radius 2 is 2.20 bits per heavy atom. The number of fused-ring (bicyclic) bond motifs is 4. The summed E-state index contributed by atoms with van der Waals surface area (Å²) in [5, 5.41) is 14.1. The summed E-state index contributed by atoms with van der Waals surface area (Å²) in [6, 6.07) is 2.02. The second kappa shape index (κ2) is 4.99. The van der Waals surface area contributed by atoms with Crippen LogP contribution in [0.15, 0.2) is 18.5 Å². The third kappa shape index (κ3) is 2.01. The number of carbonyl (C=O) groups excluding carboxylic acids is 1. The summed E-state index contributed by atoms with van der Waals surface area (Å²) in [5.74, 6) is 0. The van der Waals surface area contributed by atoms with Gasteiger partial charge in [0, 0.05) is 43.4 Å². The molecule has 2 aromatic rings. The van der Waals surface area contributed by atoms with Crippen LogP contribution < -0.4 is 10.8 Å². The van der Waals surface area contributed by atoms with Gasteiger partial charge in [0.15, 0.2) is 0 Å². The first-order chi connectivity index (χ1) is 12.1. The highest BCUT2D eigenvalue weighted by atomic mass is 16.5. The third-order valence-electron chi connectivity index (χ3n) is 6.32. The van der Waals surface area contributed by atoms with Gasteiger partial charge in [-0.1, -0.05) is 0 Å². The molecule has 2 amide bonds. The number of aromatic amines is 1. The zero-order valence-electron chi connectivity index (χ0n) is 14.2. The fourth-order valence-corrected chi connectivity index (χ4v) is 5.17. The number of carbonyl (C=O) groups is 1. The van der Waals surface area contributed by atoms with Gasteiger partial charge in [-0.05, 0) is 42.7 Å². The van der Waals surface area contributed by atoms with Gasteiger partial charge in [-0.25, -0.2) is 9.78 Å². The molecular weight excluding hydrogens is 319 g/mol. The highest BCUT2D eigenvalue weighted by molar-refractivity contribution is 6.62. The summed E-state index contributed by atoms with van der Waals surface area (Å²) in [6.07, 6.45) is 7.38. The summed E-state index contributed by atoms with van der Waals surface area (Å²) in [6.45, 7) is 1.56. The van der Waals surface area contributed by atoms with Crippen LogP contribution in [0, 0.1) is 5.41 Å². The van der Waals surface area contributed by atoms with E-state index in [2.05, 4.69) is 15.3 Å². The smallest absolute Gasteiger partial charge is 0.423 e. The Labute approximate surface area is 145 Å². The lowest BCUT2D eigenvalue weighted by Gasteiger charge is -2.58. The predicted molar refractivity (Wildman–Crippen MR) is 93.4 cm³/mol. The molecule has 3 N–H and O–H groups in total. The molecule has 0 atom stereocenters. The van der Waals surface area contributed by atoms with Crippen LogP contribution in [0.5, 0.6) is 0 Å². The predicted octanol–water partition coefficient (Wildman–Crippen LogP) is 0.691. The number of hydrogen-bond acceptors (Lipinski definition) is 4. The van der Waals surface area contributed by atoms with Gasteiger partial charge in [0.25, 0.3) is 0 Å². The number of H-pyrrole nitrogens is 1. The van der Waals surface area contributed by atoms with Gasteiger partial charge in [0.2, 0.25) is 0 Å². The van der Waals surface area contributed by atoms with Crippen LogP contribution in [0.1, 0.15) is 31.2 Å². The van der Waals surface area contributed by atoms with E-state index >= 15 is 0 Å². The number of aromatic nitrogens is 2. The van der Waals surface area contributed by atoms with Crippen LogP contribution >= 0.6 is 0 Å². The Morgan fingerprint density at radius 1 is 1.44 bits per heavy atom. The number of amides is 2. The summed E-state index contributed by atoms with van der Waals surface area (Å²) >= 11 is 0. The number of nitrogens with one attached hydrogen (secondary N) is 2. The monoisotopic (exact) mass is 340 g/mol. The molecule has 4 heterocycles. The minimum atomic E-state index is -0.898. The molecular formula is C17H21BN4O3. The molecule has 7 nitrogen and oxygen atoms in total. The molecule has 0 unspecified atom stereocenters. The largest absolute Gasteiger partial charge is 0.493 e. The Hall–Kier alpha value is -2.06. The number of rotatable bonds is 0. The normalized spacial score (nSPS) is 23.1. The van der Waals surface area contributed by atoms with E-state index in [0.717, 1.165) is 60.8 Å². The molecule has 130 valence electrons. The summed E-state index contributed by atoms with van der Waals surface area (Å²) in [4.78, 5) is 21.2. The molecule has 1 aliphatic carbocycles. The molecule has 25 heavy (non-hydrogen) atoms. The molecule has 2 spiro atoms. The van der Waals surface area contributed by atoms with E-state index in [-0.39, 0.29) is 11.4 Å². The first-order valence-electron chi connectivity index (χ1n) is 8.85. The fraction of sp³-hybridized carbons (Fsp3) is 0.529. The second-order valence-electron chi connectivity index (χ2n) is 7.69. The van der Waals surface area contributed by atoms with Crippen molar-refractivity contribution in [2.45, 2.75) is 31.3 Å². The van der Waals surface area contributed by atoms with Gasteiger partial charge in [-0.3, -0.25) is 0 Å². The minimum Gasteiger partial charge on any atom is -0.423 e. The second-order valence-corrected chi connectivity index (χ2v) is 7.69. The summed E-state index contributed by atoms with van der Waals surface area (Å²) in [5.41, 5.74) is 2.53. The van der Waals surface area contributed by atoms with E-state index in [1.54, 1.807) is 13.2 Å². The van der Waals surface area contributed by atoms with Crippen molar-refractivity contribution in [3.05, 3.63) is 24.0 Å². The Bertz CT molecular complexity index is 851. The van der Waals surface area contributed by atoms with Crippen LogP contribution in [0.3, 0.4) is 0 Å². The lowest BCUT2D eigenvalue weighted by molar-refractivity contribution is -0.135. The molecule has 8 heteroatoms.